The second-order valence-corrected chi connectivity index (χ2v) is 6.63. The smallest absolute Gasteiger partial charge is 0.339 e. The maximum Gasteiger partial charge on any atom is 0.339 e. The van der Waals surface area contributed by atoms with E-state index in [1.807, 2.05) is 0 Å². The van der Waals surface area contributed by atoms with Crippen molar-refractivity contribution >= 4 is 40.6 Å². The van der Waals surface area contributed by atoms with Crippen LogP contribution in [0.25, 0.3) is 0 Å². The van der Waals surface area contributed by atoms with Gasteiger partial charge in [-0.1, -0.05) is 11.6 Å². The first-order chi connectivity index (χ1) is 12.6. The van der Waals surface area contributed by atoms with Gasteiger partial charge in [0.25, 0.3) is 0 Å². The highest BCUT2D eigenvalue weighted by molar-refractivity contribution is 6.34. The van der Waals surface area contributed by atoms with Crippen LogP contribution >= 0.6 is 11.6 Å². The Balaban J connectivity index is 2.20. The first-order valence-electron chi connectivity index (χ1n) is 8.31. The van der Waals surface area contributed by atoms with Crippen LogP contribution in [0.4, 0.5) is 11.4 Å². The summed E-state index contributed by atoms with van der Waals surface area (Å²) in [5.41, 5.74) is 2.98. The van der Waals surface area contributed by atoms with Gasteiger partial charge in [-0.2, -0.15) is 0 Å². The summed E-state index contributed by atoms with van der Waals surface area (Å²) < 4.78 is 4.77. The van der Waals surface area contributed by atoms with Gasteiger partial charge in [0.05, 0.1) is 35.1 Å². The number of methoxy groups -OCH3 is 1. The SMILES string of the molecule is COC(=O)c1c(C)[nH]c(C(=O)[C@@H](C)Nc2ccc(NC(C)=O)c(Cl)c2)c1C. The fourth-order valence-corrected chi connectivity index (χ4v) is 3.06. The number of Topliss-reactive ketones (excluding diaryl/α,β-unsaturated/α-hetero) is 1. The minimum absolute atomic E-state index is 0.201. The quantitative estimate of drug-likeness (QED) is 0.514. The fraction of sp³-hybridized carbons (Fsp3) is 0.316. The summed E-state index contributed by atoms with van der Waals surface area (Å²) in [4.78, 5) is 38.8. The number of esters is 1. The van der Waals surface area contributed by atoms with Crippen molar-refractivity contribution in [2.75, 3.05) is 17.7 Å². The Hall–Kier alpha value is -2.80. The van der Waals surface area contributed by atoms with Crippen LogP contribution in [0, 0.1) is 13.8 Å². The van der Waals surface area contributed by atoms with Crippen molar-refractivity contribution < 1.29 is 19.1 Å². The molecule has 0 aliphatic heterocycles. The number of benzene rings is 1. The molecule has 27 heavy (non-hydrogen) atoms. The van der Waals surface area contributed by atoms with Crippen LogP contribution < -0.4 is 10.6 Å². The standard InChI is InChI=1S/C19H22ClN3O4/c1-9-16(19(26)27-5)10(2)22-17(9)18(25)11(3)21-13-6-7-15(14(20)8-13)23-12(4)24/h6-8,11,21-22H,1-5H3,(H,23,24)/t11-/m1/s1. The summed E-state index contributed by atoms with van der Waals surface area (Å²) >= 11 is 6.16. The lowest BCUT2D eigenvalue weighted by molar-refractivity contribution is -0.114. The summed E-state index contributed by atoms with van der Waals surface area (Å²) in [7, 11) is 1.30. The Bertz CT molecular complexity index is 905. The molecule has 1 heterocycles. The zero-order valence-electron chi connectivity index (χ0n) is 15.8. The minimum atomic E-state index is -0.574. The molecule has 0 unspecified atom stereocenters. The molecule has 3 N–H and O–H groups in total. The van der Waals surface area contributed by atoms with E-state index >= 15 is 0 Å². The number of aryl methyl sites for hydroxylation is 1. The lowest BCUT2D eigenvalue weighted by Gasteiger charge is -2.15. The van der Waals surface area contributed by atoms with Gasteiger partial charge < -0.3 is 20.4 Å². The molecule has 2 rings (SSSR count). The largest absolute Gasteiger partial charge is 0.465 e. The molecule has 0 saturated heterocycles. The number of ketones is 1. The average Bonchev–Trinajstić information content (AvgIpc) is 2.90. The van der Waals surface area contributed by atoms with E-state index in [4.69, 9.17) is 16.3 Å². The first kappa shape index (κ1) is 20.5. The molecule has 8 heteroatoms. The number of ether oxygens (including phenoxy) is 1. The van der Waals surface area contributed by atoms with Gasteiger partial charge >= 0.3 is 5.97 Å². The molecule has 0 aliphatic carbocycles. The van der Waals surface area contributed by atoms with Crippen molar-refractivity contribution in [3.05, 3.63) is 45.7 Å². The Morgan fingerprint density at radius 3 is 2.44 bits per heavy atom. The van der Waals surface area contributed by atoms with Gasteiger partial charge in [0.15, 0.2) is 0 Å². The molecule has 0 fully saturated rings. The van der Waals surface area contributed by atoms with Gasteiger partial charge in [0.1, 0.15) is 0 Å². The molecule has 1 aromatic carbocycles. The number of hydrogen-bond donors (Lipinski definition) is 3. The van der Waals surface area contributed by atoms with Gasteiger partial charge in [-0.3, -0.25) is 9.59 Å². The molecule has 0 bridgehead atoms. The molecule has 1 aromatic heterocycles. The molecule has 0 saturated carbocycles. The molecule has 1 amide bonds. The predicted octanol–water partition coefficient (Wildman–Crippen LogP) is 3.71. The first-order valence-corrected chi connectivity index (χ1v) is 8.68. The van der Waals surface area contributed by atoms with E-state index in [9.17, 15) is 14.4 Å². The van der Waals surface area contributed by atoms with Gasteiger partial charge in [-0.25, -0.2) is 4.79 Å². The summed E-state index contributed by atoms with van der Waals surface area (Å²) in [5.74, 6) is -0.908. The summed E-state index contributed by atoms with van der Waals surface area (Å²) in [6.07, 6.45) is 0. The van der Waals surface area contributed by atoms with Gasteiger partial charge in [0.2, 0.25) is 11.7 Å². The summed E-state index contributed by atoms with van der Waals surface area (Å²) in [5, 5.41) is 6.05. The van der Waals surface area contributed by atoms with Gasteiger partial charge in [-0.15, -0.1) is 0 Å². The average molecular weight is 392 g/mol. The van der Waals surface area contributed by atoms with Crippen molar-refractivity contribution in [2.24, 2.45) is 0 Å². The minimum Gasteiger partial charge on any atom is -0.465 e. The number of aromatic amines is 1. The number of carbonyl (C=O) groups is 3. The van der Waals surface area contributed by atoms with Crippen LogP contribution in [0.15, 0.2) is 18.2 Å². The molecule has 0 aliphatic rings. The maximum atomic E-state index is 12.8. The number of nitrogens with one attached hydrogen (secondary N) is 3. The zero-order chi connectivity index (χ0) is 20.3. The number of halogens is 1. The summed E-state index contributed by atoms with van der Waals surface area (Å²) in [6, 6.07) is 4.43. The molecule has 7 nitrogen and oxygen atoms in total. The normalized spacial score (nSPS) is 11.6. The van der Waals surface area contributed by atoms with Crippen molar-refractivity contribution in [1.29, 1.82) is 0 Å². The molecule has 144 valence electrons. The van der Waals surface area contributed by atoms with E-state index in [0.717, 1.165) is 0 Å². The molecular weight excluding hydrogens is 370 g/mol. The third kappa shape index (κ3) is 4.49. The molecular formula is C19H22ClN3O4. The molecule has 1 atom stereocenters. The molecule has 0 spiro atoms. The molecule has 0 radical (unpaired) electrons. The lowest BCUT2D eigenvalue weighted by atomic mass is 10.0. The van der Waals surface area contributed by atoms with Gasteiger partial charge in [-0.05, 0) is 44.5 Å². The van der Waals surface area contributed by atoms with E-state index < -0.39 is 12.0 Å². The maximum absolute atomic E-state index is 12.8. The van der Waals surface area contributed by atoms with Crippen LogP contribution in [0.5, 0.6) is 0 Å². The van der Waals surface area contributed by atoms with E-state index in [1.165, 1.54) is 14.0 Å². The lowest BCUT2D eigenvalue weighted by Crippen LogP contribution is -2.27. The van der Waals surface area contributed by atoms with E-state index in [2.05, 4.69) is 15.6 Å². The fourth-order valence-electron chi connectivity index (χ4n) is 2.83. The van der Waals surface area contributed by atoms with Crippen molar-refractivity contribution in [3.63, 3.8) is 0 Å². The number of hydrogen-bond acceptors (Lipinski definition) is 5. The van der Waals surface area contributed by atoms with Crippen LogP contribution in [0.1, 0.15) is 46.0 Å². The zero-order valence-corrected chi connectivity index (χ0v) is 16.6. The Morgan fingerprint density at radius 2 is 1.89 bits per heavy atom. The number of H-pyrrole nitrogens is 1. The second kappa shape index (κ2) is 8.26. The van der Waals surface area contributed by atoms with Crippen molar-refractivity contribution in [3.8, 4) is 0 Å². The topological polar surface area (TPSA) is 100 Å². The third-order valence-corrected chi connectivity index (χ3v) is 4.44. The van der Waals surface area contributed by atoms with Crippen LogP contribution in [0.3, 0.4) is 0 Å². The predicted molar refractivity (Wildman–Crippen MR) is 105 cm³/mol. The van der Waals surface area contributed by atoms with E-state index in [0.29, 0.717) is 38.9 Å². The molecule has 2 aromatic rings. The highest BCUT2D eigenvalue weighted by Gasteiger charge is 2.25. The van der Waals surface area contributed by atoms with Crippen molar-refractivity contribution in [2.45, 2.75) is 33.7 Å². The number of aromatic nitrogens is 1. The van der Waals surface area contributed by atoms with E-state index in [-0.39, 0.29) is 11.7 Å². The Labute approximate surface area is 162 Å². The van der Waals surface area contributed by atoms with E-state index in [1.54, 1.807) is 39.0 Å². The highest BCUT2D eigenvalue weighted by Crippen LogP contribution is 2.26. The van der Waals surface area contributed by atoms with Crippen LogP contribution in [-0.4, -0.2) is 35.8 Å². The van der Waals surface area contributed by atoms with Crippen LogP contribution in [-0.2, 0) is 9.53 Å². The monoisotopic (exact) mass is 391 g/mol. The Kier molecular flexibility index (Phi) is 6.28. The Morgan fingerprint density at radius 1 is 1.22 bits per heavy atom. The van der Waals surface area contributed by atoms with Gasteiger partial charge in [0, 0.05) is 18.3 Å². The second-order valence-electron chi connectivity index (χ2n) is 6.22. The number of amides is 1. The number of carbonyl (C=O) groups excluding carboxylic acids is 3. The third-order valence-electron chi connectivity index (χ3n) is 4.13. The van der Waals surface area contributed by atoms with Crippen LogP contribution in [0.2, 0.25) is 5.02 Å². The van der Waals surface area contributed by atoms with Crippen molar-refractivity contribution in [1.82, 2.24) is 4.98 Å². The highest BCUT2D eigenvalue weighted by atomic mass is 35.5. The number of rotatable bonds is 6. The summed E-state index contributed by atoms with van der Waals surface area (Å²) in [6.45, 7) is 6.53. The number of anilines is 2.